The lowest BCUT2D eigenvalue weighted by atomic mass is 9.90. The highest BCUT2D eigenvalue weighted by atomic mass is 14.1. The molecule has 0 aliphatic heterocycles. The second kappa shape index (κ2) is 6.57. The Morgan fingerprint density at radius 1 is 0.520 bits per heavy atom. The average Bonchev–Trinajstić information content (AvgIpc) is 2.68. The Morgan fingerprint density at radius 3 is 1.56 bits per heavy atom. The van der Waals surface area contributed by atoms with Crippen molar-refractivity contribution in [1.82, 2.24) is 0 Å². The van der Waals surface area contributed by atoms with Crippen molar-refractivity contribution in [2.75, 3.05) is 0 Å². The number of hydrogen-bond acceptors (Lipinski definition) is 0. The van der Waals surface area contributed by atoms with E-state index in [1.807, 2.05) is 0 Å². The lowest BCUT2D eigenvalue weighted by molar-refractivity contribution is 0.869. The van der Waals surface area contributed by atoms with E-state index in [1.165, 1.54) is 38.6 Å². The summed E-state index contributed by atoms with van der Waals surface area (Å²) in [6.45, 7) is 4.50. The molecular formula is C25H22. The zero-order chi connectivity index (χ0) is 17.2. The maximum atomic E-state index is 2.35. The predicted molar refractivity (Wildman–Crippen MR) is 109 cm³/mol. The molecule has 0 aromatic heterocycles. The highest BCUT2D eigenvalue weighted by molar-refractivity contribution is 5.96. The van der Waals surface area contributed by atoms with Crippen molar-refractivity contribution in [3.05, 3.63) is 96.6 Å². The Balaban J connectivity index is 2.00. The van der Waals surface area contributed by atoms with Gasteiger partial charge in [-0.3, -0.25) is 0 Å². The van der Waals surface area contributed by atoms with Gasteiger partial charge in [0.1, 0.15) is 0 Å². The maximum absolute atomic E-state index is 2.35. The Kier molecular flexibility index (Phi) is 4.11. The standard InChI is InChI=1S/C25H22/c1-18(2)21-13-14-22-16-24(19-9-5-3-6-10-19)25(17-23(22)15-21)20-11-7-4-8-12-20/h3-18H,1-2H3. The normalized spacial score (nSPS) is 11.2. The van der Waals surface area contributed by atoms with Gasteiger partial charge >= 0.3 is 0 Å². The van der Waals surface area contributed by atoms with Crippen molar-refractivity contribution < 1.29 is 0 Å². The first-order valence-electron chi connectivity index (χ1n) is 8.91. The molecule has 0 radical (unpaired) electrons. The second-order valence-electron chi connectivity index (χ2n) is 6.89. The summed E-state index contributed by atoms with van der Waals surface area (Å²) in [5, 5.41) is 2.60. The Hall–Kier alpha value is -2.86. The third-order valence-corrected chi connectivity index (χ3v) is 4.84. The predicted octanol–water partition coefficient (Wildman–Crippen LogP) is 7.30. The topological polar surface area (TPSA) is 0 Å². The van der Waals surface area contributed by atoms with E-state index >= 15 is 0 Å². The summed E-state index contributed by atoms with van der Waals surface area (Å²) in [5.74, 6) is 0.540. The average molecular weight is 322 g/mol. The summed E-state index contributed by atoms with van der Waals surface area (Å²) in [4.78, 5) is 0. The molecule has 25 heavy (non-hydrogen) atoms. The van der Waals surface area contributed by atoms with Crippen LogP contribution in [0.15, 0.2) is 91.0 Å². The maximum Gasteiger partial charge on any atom is -0.00990 e. The molecule has 0 saturated carbocycles. The van der Waals surface area contributed by atoms with E-state index in [2.05, 4.69) is 105 Å². The fourth-order valence-corrected chi connectivity index (χ4v) is 3.39. The Bertz CT molecular complexity index is 996. The van der Waals surface area contributed by atoms with Gasteiger partial charge in [0.05, 0.1) is 0 Å². The Labute approximate surface area is 149 Å². The first-order valence-corrected chi connectivity index (χ1v) is 8.91. The molecule has 0 N–H and O–H groups in total. The molecule has 0 heterocycles. The van der Waals surface area contributed by atoms with Crippen LogP contribution in [0.4, 0.5) is 0 Å². The molecule has 4 aromatic rings. The van der Waals surface area contributed by atoms with Gasteiger partial charge in [0.2, 0.25) is 0 Å². The van der Waals surface area contributed by atoms with E-state index in [4.69, 9.17) is 0 Å². The number of rotatable bonds is 3. The highest BCUT2D eigenvalue weighted by Gasteiger charge is 2.10. The van der Waals surface area contributed by atoms with Crippen LogP contribution in [0.1, 0.15) is 25.3 Å². The minimum Gasteiger partial charge on any atom is -0.0622 e. The summed E-state index contributed by atoms with van der Waals surface area (Å²) in [5.41, 5.74) is 6.49. The lowest BCUT2D eigenvalue weighted by Crippen LogP contribution is -1.90. The van der Waals surface area contributed by atoms with Gasteiger partial charge in [-0.1, -0.05) is 92.7 Å². The molecule has 0 unspecified atom stereocenters. The Morgan fingerprint density at radius 2 is 1.04 bits per heavy atom. The van der Waals surface area contributed by atoms with Gasteiger partial charge in [-0.25, -0.2) is 0 Å². The molecular weight excluding hydrogens is 300 g/mol. The highest BCUT2D eigenvalue weighted by Crippen LogP contribution is 2.36. The monoisotopic (exact) mass is 322 g/mol. The SMILES string of the molecule is CC(C)c1ccc2cc(-c3ccccc3)c(-c3ccccc3)cc2c1. The van der Waals surface area contributed by atoms with Crippen molar-refractivity contribution in [3.63, 3.8) is 0 Å². The zero-order valence-electron chi connectivity index (χ0n) is 14.7. The van der Waals surface area contributed by atoms with Crippen LogP contribution < -0.4 is 0 Å². The molecule has 0 spiro atoms. The molecule has 0 heteroatoms. The fourth-order valence-electron chi connectivity index (χ4n) is 3.39. The van der Waals surface area contributed by atoms with E-state index in [9.17, 15) is 0 Å². The van der Waals surface area contributed by atoms with Crippen LogP contribution in [0.3, 0.4) is 0 Å². The fraction of sp³-hybridized carbons (Fsp3) is 0.120. The lowest BCUT2D eigenvalue weighted by Gasteiger charge is -2.14. The number of fused-ring (bicyclic) bond motifs is 1. The quantitative estimate of drug-likeness (QED) is 0.371. The molecule has 0 bridgehead atoms. The van der Waals surface area contributed by atoms with Gasteiger partial charge in [0.25, 0.3) is 0 Å². The van der Waals surface area contributed by atoms with Gasteiger partial charge in [-0.2, -0.15) is 0 Å². The first kappa shape index (κ1) is 15.7. The molecule has 0 aliphatic carbocycles. The third kappa shape index (κ3) is 3.08. The van der Waals surface area contributed by atoms with E-state index in [-0.39, 0.29) is 0 Å². The van der Waals surface area contributed by atoms with E-state index < -0.39 is 0 Å². The molecule has 0 fully saturated rings. The van der Waals surface area contributed by atoms with Crippen LogP contribution in [-0.2, 0) is 0 Å². The minimum atomic E-state index is 0.540. The summed E-state index contributed by atoms with van der Waals surface area (Å²) in [7, 11) is 0. The molecule has 0 saturated heterocycles. The van der Waals surface area contributed by atoms with Crippen molar-refractivity contribution in [2.24, 2.45) is 0 Å². The summed E-state index contributed by atoms with van der Waals surface area (Å²) < 4.78 is 0. The molecule has 0 nitrogen and oxygen atoms in total. The molecule has 0 atom stereocenters. The molecule has 0 aliphatic rings. The van der Waals surface area contributed by atoms with Crippen LogP contribution >= 0.6 is 0 Å². The van der Waals surface area contributed by atoms with Gasteiger partial charge in [-0.15, -0.1) is 0 Å². The van der Waals surface area contributed by atoms with Gasteiger partial charge < -0.3 is 0 Å². The van der Waals surface area contributed by atoms with Crippen LogP contribution in [0.25, 0.3) is 33.0 Å². The number of benzene rings is 4. The van der Waals surface area contributed by atoms with Crippen LogP contribution in [0, 0.1) is 0 Å². The summed E-state index contributed by atoms with van der Waals surface area (Å²) in [6.07, 6.45) is 0. The molecule has 4 aromatic carbocycles. The molecule has 4 rings (SSSR count). The van der Waals surface area contributed by atoms with E-state index in [1.54, 1.807) is 0 Å². The van der Waals surface area contributed by atoms with Crippen LogP contribution in [0.5, 0.6) is 0 Å². The smallest absolute Gasteiger partial charge is 0.00990 e. The van der Waals surface area contributed by atoms with Crippen molar-refractivity contribution in [3.8, 4) is 22.3 Å². The number of hydrogen-bond donors (Lipinski definition) is 0. The second-order valence-corrected chi connectivity index (χ2v) is 6.89. The van der Waals surface area contributed by atoms with Crippen molar-refractivity contribution >= 4 is 10.8 Å². The third-order valence-electron chi connectivity index (χ3n) is 4.84. The van der Waals surface area contributed by atoms with Gasteiger partial charge in [0, 0.05) is 0 Å². The summed E-state index contributed by atoms with van der Waals surface area (Å²) in [6, 6.07) is 32.9. The van der Waals surface area contributed by atoms with Crippen LogP contribution in [-0.4, -0.2) is 0 Å². The van der Waals surface area contributed by atoms with Gasteiger partial charge in [-0.05, 0) is 56.6 Å². The van der Waals surface area contributed by atoms with Crippen LogP contribution in [0.2, 0.25) is 0 Å². The van der Waals surface area contributed by atoms with Crippen molar-refractivity contribution in [1.29, 1.82) is 0 Å². The first-order chi connectivity index (χ1) is 12.2. The largest absolute Gasteiger partial charge is 0.0622 e. The van der Waals surface area contributed by atoms with Crippen molar-refractivity contribution in [2.45, 2.75) is 19.8 Å². The minimum absolute atomic E-state index is 0.540. The zero-order valence-corrected chi connectivity index (χ0v) is 14.7. The van der Waals surface area contributed by atoms with Gasteiger partial charge in [0.15, 0.2) is 0 Å². The molecule has 0 amide bonds. The van der Waals surface area contributed by atoms with E-state index in [0.717, 1.165) is 0 Å². The molecule has 122 valence electrons. The summed E-state index contributed by atoms with van der Waals surface area (Å²) >= 11 is 0. The van der Waals surface area contributed by atoms with E-state index in [0.29, 0.717) is 5.92 Å².